The smallest absolute Gasteiger partial charge is 0.328 e. The first-order valence-electron chi connectivity index (χ1n) is 6.35. The summed E-state index contributed by atoms with van der Waals surface area (Å²) in [5.74, 6) is -1.50. The van der Waals surface area contributed by atoms with E-state index in [1.165, 1.54) is 6.92 Å². The molecule has 1 unspecified atom stereocenters. The van der Waals surface area contributed by atoms with Crippen LogP contribution < -0.4 is 10.6 Å². The number of carbonyl (C=O) groups is 2. The van der Waals surface area contributed by atoms with Gasteiger partial charge in [0.15, 0.2) is 6.04 Å². The summed E-state index contributed by atoms with van der Waals surface area (Å²) in [5.41, 5.74) is -0.555. The van der Waals surface area contributed by atoms with E-state index in [0.717, 1.165) is 19.4 Å². The maximum atomic E-state index is 12.2. The fraction of sp³-hybridized carbons (Fsp3) is 0.833. The molecule has 1 fully saturated rings. The molecule has 6 heteroatoms. The average Bonchev–Trinajstić information content (AvgIpc) is 2.35. The Kier molecular flexibility index (Phi) is 5.10. The molecular weight excluding hydrogens is 236 g/mol. The molecule has 1 amide bonds. The van der Waals surface area contributed by atoms with E-state index in [2.05, 4.69) is 10.6 Å². The number of aliphatic hydroxyl groups is 1. The number of aliphatic carboxylic acids is 1. The molecule has 1 aliphatic heterocycles. The predicted octanol–water partition coefficient (Wildman–Crippen LogP) is -0.284. The second kappa shape index (κ2) is 6.15. The van der Waals surface area contributed by atoms with E-state index in [1.54, 1.807) is 0 Å². The molecule has 0 bridgehead atoms. The molecule has 0 aromatic heterocycles. The minimum Gasteiger partial charge on any atom is -0.480 e. The highest BCUT2D eigenvalue weighted by atomic mass is 16.4. The van der Waals surface area contributed by atoms with Gasteiger partial charge in [0.2, 0.25) is 5.91 Å². The van der Waals surface area contributed by atoms with Crippen LogP contribution in [0.15, 0.2) is 0 Å². The number of nitrogens with one attached hydrogen (secondary N) is 2. The zero-order valence-corrected chi connectivity index (χ0v) is 10.9. The maximum absolute atomic E-state index is 12.2. The van der Waals surface area contributed by atoms with Gasteiger partial charge in [0, 0.05) is 6.54 Å². The Morgan fingerprint density at radius 2 is 2.17 bits per heavy atom. The van der Waals surface area contributed by atoms with Gasteiger partial charge in [-0.1, -0.05) is 6.92 Å². The number of carboxylic acid groups (broad SMARTS) is 1. The average molecular weight is 258 g/mol. The molecule has 6 nitrogen and oxygen atoms in total. The molecule has 0 spiro atoms. The van der Waals surface area contributed by atoms with Gasteiger partial charge in [-0.15, -0.1) is 0 Å². The third-order valence-electron chi connectivity index (χ3n) is 3.67. The van der Waals surface area contributed by atoms with E-state index >= 15 is 0 Å². The van der Waals surface area contributed by atoms with Gasteiger partial charge in [0.25, 0.3) is 0 Å². The fourth-order valence-corrected chi connectivity index (χ4v) is 2.31. The third-order valence-corrected chi connectivity index (χ3v) is 3.67. The number of amides is 1. The lowest BCUT2D eigenvalue weighted by Crippen LogP contribution is -2.56. The van der Waals surface area contributed by atoms with Crippen LogP contribution in [-0.4, -0.2) is 47.3 Å². The number of rotatable bonds is 5. The quantitative estimate of drug-likeness (QED) is 0.543. The first kappa shape index (κ1) is 14.9. The summed E-state index contributed by atoms with van der Waals surface area (Å²) < 4.78 is 0. The van der Waals surface area contributed by atoms with E-state index in [9.17, 15) is 14.7 Å². The number of carboxylic acids is 1. The minimum atomic E-state index is -1.25. The van der Waals surface area contributed by atoms with Crippen LogP contribution in [0.5, 0.6) is 0 Å². The molecule has 18 heavy (non-hydrogen) atoms. The van der Waals surface area contributed by atoms with Crippen LogP contribution in [0.25, 0.3) is 0 Å². The van der Waals surface area contributed by atoms with Crippen molar-refractivity contribution in [1.82, 2.24) is 10.6 Å². The van der Waals surface area contributed by atoms with Crippen molar-refractivity contribution in [1.29, 1.82) is 0 Å². The fourth-order valence-electron chi connectivity index (χ4n) is 2.31. The van der Waals surface area contributed by atoms with Crippen molar-refractivity contribution in [3.05, 3.63) is 0 Å². The molecule has 3 atom stereocenters. The van der Waals surface area contributed by atoms with Gasteiger partial charge >= 0.3 is 5.97 Å². The van der Waals surface area contributed by atoms with E-state index in [1.807, 2.05) is 6.92 Å². The highest BCUT2D eigenvalue weighted by molar-refractivity contribution is 5.88. The second-order valence-electron chi connectivity index (χ2n) is 4.94. The largest absolute Gasteiger partial charge is 0.480 e. The predicted molar refractivity (Wildman–Crippen MR) is 66.1 cm³/mol. The van der Waals surface area contributed by atoms with Gasteiger partial charge in [0.1, 0.15) is 0 Å². The lowest BCUT2D eigenvalue weighted by Gasteiger charge is -2.36. The second-order valence-corrected chi connectivity index (χ2v) is 4.94. The van der Waals surface area contributed by atoms with Crippen LogP contribution in [0.4, 0.5) is 0 Å². The van der Waals surface area contributed by atoms with Crippen molar-refractivity contribution >= 4 is 11.9 Å². The summed E-state index contributed by atoms with van der Waals surface area (Å²) >= 11 is 0. The van der Waals surface area contributed by atoms with Crippen LogP contribution in [0.3, 0.4) is 0 Å². The lowest BCUT2D eigenvalue weighted by atomic mass is 9.77. The van der Waals surface area contributed by atoms with Gasteiger partial charge < -0.3 is 20.8 Å². The molecule has 0 aliphatic carbocycles. The number of hydrogen-bond donors (Lipinski definition) is 4. The number of piperidine rings is 1. The van der Waals surface area contributed by atoms with Crippen LogP contribution in [0.2, 0.25) is 0 Å². The molecule has 0 radical (unpaired) electrons. The van der Waals surface area contributed by atoms with Crippen LogP contribution in [0, 0.1) is 5.41 Å². The summed E-state index contributed by atoms with van der Waals surface area (Å²) in [6.45, 7) is 4.72. The van der Waals surface area contributed by atoms with Crippen molar-refractivity contribution < 1.29 is 19.8 Å². The SMILES string of the molecule is CCC1(C(=O)N[C@H](C(=O)O)[C@@H](C)O)CCCNC1. The molecule has 0 saturated carbocycles. The first-order chi connectivity index (χ1) is 8.43. The lowest BCUT2D eigenvalue weighted by molar-refractivity contribution is -0.147. The van der Waals surface area contributed by atoms with Gasteiger partial charge in [-0.05, 0) is 32.7 Å². The number of carbonyl (C=O) groups excluding carboxylic acids is 1. The van der Waals surface area contributed by atoms with Crippen molar-refractivity contribution in [2.24, 2.45) is 5.41 Å². The van der Waals surface area contributed by atoms with Crippen molar-refractivity contribution in [3.63, 3.8) is 0 Å². The zero-order valence-electron chi connectivity index (χ0n) is 10.9. The summed E-state index contributed by atoms with van der Waals surface area (Å²) in [7, 11) is 0. The molecular formula is C12H22N2O4. The van der Waals surface area contributed by atoms with Gasteiger partial charge in [-0.3, -0.25) is 4.79 Å². The first-order valence-corrected chi connectivity index (χ1v) is 6.35. The van der Waals surface area contributed by atoms with E-state index < -0.39 is 23.5 Å². The standard InChI is InChI=1S/C12H22N2O4/c1-3-12(5-4-6-13-7-12)11(18)14-9(8(2)15)10(16)17/h8-9,13,15H,3-7H2,1-2H3,(H,14,18)(H,16,17)/t8-,9+,12?/m1/s1. The molecule has 1 heterocycles. The molecule has 1 rings (SSSR count). The number of hydrogen-bond acceptors (Lipinski definition) is 4. The van der Waals surface area contributed by atoms with Crippen molar-refractivity contribution in [2.75, 3.05) is 13.1 Å². The Morgan fingerprint density at radius 3 is 2.56 bits per heavy atom. The van der Waals surface area contributed by atoms with E-state index in [-0.39, 0.29) is 5.91 Å². The van der Waals surface area contributed by atoms with Gasteiger partial charge in [-0.2, -0.15) is 0 Å². The summed E-state index contributed by atoms with van der Waals surface area (Å²) in [6, 6.07) is -1.25. The topological polar surface area (TPSA) is 98.7 Å². The van der Waals surface area contributed by atoms with E-state index in [0.29, 0.717) is 13.0 Å². The Hall–Kier alpha value is -1.14. The van der Waals surface area contributed by atoms with E-state index in [4.69, 9.17) is 5.11 Å². The Balaban J connectivity index is 2.75. The van der Waals surface area contributed by atoms with Crippen LogP contribution in [0.1, 0.15) is 33.1 Å². The summed E-state index contributed by atoms with van der Waals surface area (Å²) in [4.78, 5) is 23.2. The molecule has 1 aliphatic rings. The highest BCUT2D eigenvalue weighted by Crippen LogP contribution is 2.30. The Bertz CT molecular complexity index is 311. The Labute approximate surface area is 107 Å². The maximum Gasteiger partial charge on any atom is 0.328 e. The Morgan fingerprint density at radius 1 is 1.50 bits per heavy atom. The van der Waals surface area contributed by atoms with Crippen LogP contribution in [-0.2, 0) is 9.59 Å². The normalized spacial score (nSPS) is 27.3. The summed E-state index contributed by atoms with van der Waals surface area (Å²) in [6.07, 6.45) is 1.18. The molecule has 1 saturated heterocycles. The third kappa shape index (κ3) is 3.20. The van der Waals surface area contributed by atoms with Gasteiger partial charge in [-0.25, -0.2) is 4.79 Å². The minimum absolute atomic E-state index is 0.287. The van der Waals surface area contributed by atoms with Crippen molar-refractivity contribution in [2.45, 2.75) is 45.3 Å². The van der Waals surface area contributed by atoms with Gasteiger partial charge in [0.05, 0.1) is 11.5 Å². The summed E-state index contributed by atoms with van der Waals surface area (Å²) in [5, 5.41) is 23.9. The molecule has 0 aromatic rings. The monoisotopic (exact) mass is 258 g/mol. The zero-order chi connectivity index (χ0) is 13.8. The molecule has 4 N–H and O–H groups in total. The van der Waals surface area contributed by atoms with Crippen LogP contribution >= 0.6 is 0 Å². The number of aliphatic hydroxyl groups excluding tert-OH is 1. The van der Waals surface area contributed by atoms with Crippen molar-refractivity contribution in [3.8, 4) is 0 Å². The molecule has 0 aromatic carbocycles. The highest BCUT2D eigenvalue weighted by Gasteiger charge is 2.40. The molecule has 104 valence electrons.